The minimum absolute atomic E-state index is 0.0422. The largest absolute Gasteiger partial charge is 0.458 e. The number of hydrogen-bond donors (Lipinski definition) is 2. The van der Waals surface area contributed by atoms with Crippen LogP contribution < -0.4 is 0 Å². The predicted octanol–water partition coefficient (Wildman–Crippen LogP) is 6.26. The van der Waals surface area contributed by atoms with Crippen LogP contribution >= 0.6 is 0 Å². The maximum absolute atomic E-state index is 13.4. The first-order valence-electron chi connectivity index (χ1n) is 26.5. The molecule has 0 spiro atoms. The molecule has 24 atom stereocenters. The molecule has 4 heterocycles. The SMILES string of the molecule is C/C=C(\C)C(=O)OC1CC2C(CC=C3CC(O[C@H]4CC(OC)[C@H](O[C@H]5CC(OC)[C@H](O[C@H]6CC(OC)[C@H](O[C@H]7CC(OC)[C@H](O)C(C)O7)C(C)O6)C(C)O5)C(C)O4)CCC32C)C2(O)CCC(C(C)=O)C12C. The van der Waals surface area contributed by atoms with Crippen molar-refractivity contribution in [1.29, 1.82) is 0 Å². The van der Waals surface area contributed by atoms with Crippen LogP contribution in [0.4, 0.5) is 0 Å². The molecule has 16 unspecified atom stereocenters. The molecule has 7 fully saturated rings. The number of methoxy groups -OCH3 is 4. The van der Waals surface area contributed by atoms with Gasteiger partial charge in [-0.05, 0) is 111 Å². The third-order valence-corrected chi connectivity index (χ3v) is 18.8. The Balaban J connectivity index is 0.855. The highest BCUT2D eigenvalue weighted by Crippen LogP contribution is 2.68. The molecular formula is C54H86O17. The zero-order chi connectivity index (χ0) is 51.3. The summed E-state index contributed by atoms with van der Waals surface area (Å²) < 4.78 is 81.8. The molecule has 8 aliphatic rings. The number of ketones is 1. The minimum atomic E-state index is -1.15. The van der Waals surface area contributed by atoms with Crippen LogP contribution in [-0.4, -0.2) is 167 Å². The van der Waals surface area contributed by atoms with Crippen LogP contribution in [0.15, 0.2) is 23.3 Å². The predicted molar refractivity (Wildman–Crippen MR) is 257 cm³/mol. The van der Waals surface area contributed by atoms with Gasteiger partial charge in [0, 0.05) is 71.0 Å². The van der Waals surface area contributed by atoms with Gasteiger partial charge < -0.3 is 71.8 Å². The van der Waals surface area contributed by atoms with Crippen LogP contribution in [0, 0.1) is 28.6 Å². The Morgan fingerprint density at radius 1 is 0.662 bits per heavy atom. The Morgan fingerprint density at radius 2 is 1.14 bits per heavy atom. The number of aliphatic hydroxyl groups is 2. The molecule has 0 bridgehead atoms. The average molecular weight is 1010 g/mol. The van der Waals surface area contributed by atoms with Gasteiger partial charge in [0.25, 0.3) is 0 Å². The average Bonchev–Trinajstić information content (AvgIpc) is 3.63. The smallest absolute Gasteiger partial charge is 0.333 e. The third kappa shape index (κ3) is 10.5. The maximum Gasteiger partial charge on any atom is 0.333 e. The van der Waals surface area contributed by atoms with E-state index in [1.54, 1.807) is 55.3 Å². The van der Waals surface area contributed by atoms with Crippen molar-refractivity contribution in [2.45, 2.75) is 249 Å². The van der Waals surface area contributed by atoms with Crippen molar-refractivity contribution in [3.63, 3.8) is 0 Å². The Kier molecular flexibility index (Phi) is 17.4. The van der Waals surface area contributed by atoms with Gasteiger partial charge >= 0.3 is 5.97 Å². The number of fused-ring (bicyclic) bond motifs is 5. The molecule has 4 saturated heterocycles. The summed E-state index contributed by atoms with van der Waals surface area (Å²) in [7, 11) is 6.56. The molecule has 71 heavy (non-hydrogen) atoms. The lowest BCUT2D eigenvalue weighted by Crippen LogP contribution is -2.66. The molecule has 4 aliphatic carbocycles. The Hall–Kier alpha value is -1.94. The second-order valence-corrected chi connectivity index (χ2v) is 22.5. The summed E-state index contributed by atoms with van der Waals surface area (Å²) in [6.45, 7) is 17.1. The van der Waals surface area contributed by atoms with Crippen LogP contribution in [-0.2, 0) is 71.2 Å². The number of allylic oxidation sites excluding steroid dienone is 2. The molecule has 0 amide bonds. The number of Topliss-reactive ketones (excluding diaryl/α,β-unsaturated/α-hetero) is 1. The fourth-order valence-corrected chi connectivity index (χ4v) is 14.4. The Bertz CT molecular complexity index is 1910. The van der Waals surface area contributed by atoms with Crippen molar-refractivity contribution < 1.29 is 81.4 Å². The van der Waals surface area contributed by atoms with E-state index in [4.69, 9.17) is 61.6 Å². The first-order chi connectivity index (χ1) is 33.7. The molecule has 0 radical (unpaired) electrons. The van der Waals surface area contributed by atoms with E-state index in [0.29, 0.717) is 56.9 Å². The number of esters is 1. The molecule has 4 aliphatic heterocycles. The lowest BCUT2D eigenvalue weighted by atomic mass is 9.45. The maximum atomic E-state index is 13.4. The lowest BCUT2D eigenvalue weighted by Gasteiger charge is -2.63. The molecule has 0 aromatic rings. The summed E-state index contributed by atoms with van der Waals surface area (Å²) in [6, 6.07) is 0. The van der Waals surface area contributed by atoms with Gasteiger partial charge in [-0.25, -0.2) is 4.79 Å². The second-order valence-electron chi connectivity index (χ2n) is 22.5. The number of hydrogen-bond acceptors (Lipinski definition) is 17. The van der Waals surface area contributed by atoms with Crippen LogP contribution in [0.1, 0.15) is 133 Å². The fraction of sp³-hybridized carbons (Fsp3) is 0.889. The van der Waals surface area contributed by atoms with Gasteiger partial charge in [0.1, 0.15) is 36.3 Å². The van der Waals surface area contributed by atoms with Crippen LogP contribution in [0.5, 0.6) is 0 Å². The van der Waals surface area contributed by atoms with Gasteiger partial charge in [0.2, 0.25) is 0 Å². The molecule has 0 aromatic heterocycles. The van der Waals surface area contributed by atoms with Crippen molar-refractivity contribution in [2.75, 3.05) is 28.4 Å². The monoisotopic (exact) mass is 1010 g/mol. The number of carbonyl (C=O) groups is 2. The normalized spacial score (nSPS) is 49.3. The van der Waals surface area contributed by atoms with Gasteiger partial charge in [0.05, 0.1) is 60.5 Å². The summed E-state index contributed by atoms with van der Waals surface area (Å²) >= 11 is 0. The summed E-state index contributed by atoms with van der Waals surface area (Å²) in [6.07, 6.45) is 2.27. The number of rotatable bonds is 15. The summed E-state index contributed by atoms with van der Waals surface area (Å²) in [5, 5.41) is 23.3. The van der Waals surface area contributed by atoms with Crippen LogP contribution in [0.3, 0.4) is 0 Å². The van der Waals surface area contributed by atoms with Gasteiger partial charge in [-0.2, -0.15) is 0 Å². The molecule has 0 aromatic carbocycles. The number of aliphatic hydroxyl groups excluding tert-OH is 1. The highest BCUT2D eigenvalue weighted by molar-refractivity contribution is 5.88. The van der Waals surface area contributed by atoms with Gasteiger partial charge in [-0.15, -0.1) is 0 Å². The minimum Gasteiger partial charge on any atom is -0.458 e. The van der Waals surface area contributed by atoms with E-state index in [9.17, 15) is 19.8 Å². The molecule has 8 rings (SSSR count). The van der Waals surface area contributed by atoms with Crippen LogP contribution in [0.2, 0.25) is 0 Å². The summed E-state index contributed by atoms with van der Waals surface area (Å²) in [5.74, 6) is -0.718. The standard InChI is InChI=1S/C54H86O17/c1-14-27(2)51(57)68-42-22-37-36(54(58)20-18-35(28(3)55)53(42,54)9)16-15-33-21-34(17-19-52(33,37)8)67-43-24-39(60-11)48(30(5)64-43)70-45-26-41(62-13)50(32(7)66-45)71-46-25-40(61-12)49(31(6)65-46)69-44-23-38(59-10)47(56)29(4)63-44/h14-15,29-32,34-50,56,58H,16-26H2,1-13H3/b27-14+/t29?,30?,31?,32?,34?,35?,36?,37?,38?,39?,40?,41?,42?,43-,44-,45-,46-,47+,48+,49+,50+,52?,53?,54?/m0/s1. The Morgan fingerprint density at radius 3 is 1.62 bits per heavy atom. The zero-order valence-electron chi connectivity index (χ0n) is 44.6. The first-order valence-corrected chi connectivity index (χ1v) is 26.5. The first kappa shape index (κ1) is 55.3. The molecule has 3 saturated carbocycles. The number of ether oxygens (including phenoxy) is 13. The topological polar surface area (TPSA) is 195 Å². The van der Waals surface area contributed by atoms with E-state index >= 15 is 0 Å². The van der Waals surface area contributed by atoms with Crippen molar-refractivity contribution in [1.82, 2.24) is 0 Å². The van der Waals surface area contributed by atoms with Crippen LogP contribution in [0.25, 0.3) is 0 Å². The van der Waals surface area contributed by atoms with Crippen molar-refractivity contribution in [2.24, 2.45) is 28.6 Å². The van der Waals surface area contributed by atoms with Crippen molar-refractivity contribution >= 4 is 11.8 Å². The van der Waals surface area contributed by atoms with Gasteiger partial charge in [-0.1, -0.05) is 31.6 Å². The lowest BCUT2D eigenvalue weighted by molar-refractivity contribution is -0.347. The van der Waals surface area contributed by atoms with E-state index in [1.165, 1.54) is 5.57 Å². The zero-order valence-corrected chi connectivity index (χ0v) is 44.6. The second kappa shape index (κ2) is 22.3. The summed E-state index contributed by atoms with van der Waals surface area (Å²) in [4.78, 5) is 26.5. The van der Waals surface area contributed by atoms with Gasteiger partial charge in [0.15, 0.2) is 25.2 Å². The van der Waals surface area contributed by atoms with E-state index in [0.717, 1.165) is 19.3 Å². The molecule has 2 N–H and O–H groups in total. The van der Waals surface area contributed by atoms with E-state index < -0.39 is 91.1 Å². The molecular weight excluding hydrogens is 921 g/mol. The highest BCUT2D eigenvalue weighted by Gasteiger charge is 2.71. The van der Waals surface area contributed by atoms with Crippen molar-refractivity contribution in [3.05, 3.63) is 23.3 Å². The highest BCUT2D eigenvalue weighted by atomic mass is 16.8. The quantitative estimate of drug-likeness (QED) is 0.106. The summed E-state index contributed by atoms with van der Waals surface area (Å²) in [5.41, 5.74) is -0.429. The van der Waals surface area contributed by atoms with Gasteiger partial charge in [-0.3, -0.25) is 4.79 Å². The van der Waals surface area contributed by atoms with E-state index in [1.807, 2.05) is 34.6 Å². The van der Waals surface area contributed by atoms with Crippen molar-refractivity contribution in [3.8, 4) is 0 Å². The Labute approximate surface area is 421 Å². The third-order valence-electron chi connectivity index (χ3n) is 18.8. The molecule has 17 heteroatoms. The molecule has 404 valence electrons. The fourth-order valence-electron chi connectivity index (χ4n) is 14.4. The molecule has 17 nitrogen and oxygen atoms in total. The van der Waals surface area contributed by atoms with E-state index in [2.05, 4.69) is 13.0 Å². The number of carbonyl (C=O) groups excluding carboxylic acids is 2. The van der Waals surface area contributed by atoms with E-state index in [-0.39, 0.29) is 65.4 Å².